The van der Waals surface area contributed by atoms with Crippen molar-refractivity contribution in [1.82, 2.24) is 29.4 Å². The molecule has 2 aromatic heterocycles. The summed E-state index contributed by atoms with van der Waals surface area (Å²) in [5.74, 6) is 1.91. The second-order valence-corrected chi connectivity index (χ2v) is 6.90. The van der Waals surface area contributed by atoms with Crippen molar-refractivity contribution >= 4 is 5.95 Å². The largest absolute Gasteiger partial charge is 0.393 e. The minimum absolute atomic E-state index is 0.141. The Hall–Kier alpha value is -1.93. The molecule has 130 valence electrons. The number of nitrogens with zero attached hydrogens (tertiary/aromatic N) is 7. The summed E-state index contributed by atoms with van der Waals surface area (Å²) in [6.45, 7) is 7.28. The van der Waals surface area contributed by atoms with E-state index < -0.39 is 0 Å². The number of fused-ring (bicyclic) bond motifs is 1. The van der Waals surface area contributed by atoms with Crippen LogP contribution in [-0.4, -0.2) is 60.3 Å². The number of aliphatic hydroxyl groups is 1. The molecule has 0 spiro atoms. The highest BCUT2D eigenvalue weighted by Gasteiger charge is 2.24. The van der Waals surface area contributed by atoms with E-state index in [0.717, 1.165) is 69.6 Å². The van der Waals surface area contributed by atoms with E-state index in [1.165, 1.54) is 5.69 Å². The SMILES string of the molecule is Cc1cc2n(n1)CCN(c1nnc(CN3CCC(O)CC3)n1C)C2. The molecule has 8 heteroatoms. The molecule has 0 amide bonds. The number of aryl methyl sites for hydroxylation is 1. The van der Waals surface area contributed by atoms with E-state index in [0.29, 0.717) is 0 Å². The first-order valence-electron chi connectivity index (χ1n) is 8.67. The third-order valence-electron chi connectivity index (χ3n) is 5.07. The van der Waals surface area contributed by atoms with Gasteiger partial charge in [0.25, 0.3) is 0 Å². The Kier molecular flexibility index (Phi) is 4.01. The maximum atomic E-state index is 9.63. The molecule has 0 aromatic carbocycles. The molecule has 0 saturated carbocycles. The predicted molar refractivity (Wildman–Crippen MR) is 89.5 cm³/mol. The van der Waals surface area contributed by atoms with Crippen molar-refractivity contribution in [3.05, 3.63) is 23.3 Å². The summed E-state index contributed by atoms with van der Waals surface area (Å²) in [5, 5.41) is 23.0. The fraction of sp³-hybridized carbons (Fsp3) is 0.688. The van der Waals surface area contributed by atoms with Crippen molar-refractivity contribution in [3.63, 3.8) is 0 Å². The van der Waals surface area contributed by atoms with Gasteiger partial charge < -0.3 is 10.0 Å². The first kappa shape index (κ1) is 15.6. The second-order valence-electron chi connectivity index (χ2n) is 6.90. The van der Waals surface area contributed by atoms with Crippen molar-refractivity contribution in [2.45, 2.75) is 45.5 Å². The highest BCUT2D eigenvalue weighted by Crippen LogP contribution is 2.21. The molecule has 0 aliphatic carbocycles. The third-order valence-corrected chi connectivity index (χ3v) is 5.07. The van der Waals surface area contributed by atoms with E-state index in [1.54, 1.807) is 0 Å². The molecule has 0 bridgehead atoms. The molecule has 1 fully saturated rings. The average molecular weight is 331 g/mol. The Morgan fingerprint density at radius 1 is 1.17 bits per heavy atom. The molecule has 4 heterocycles. The Labute approximate surface area is 141 Å². The van der Waals surface area contributed by atoms with Gasteiger partial charge in [0.1, 0.15) is 5.82 Å². The summed E-state index contributed by atoms with van der Waals surface area (Å²) in [7, 11) is 2.04. The van der Waals surface area contributed by atoms with Crippen molar-refractivity contribution in [2.24, 2.45) is 7.05 Å². The van der Waals surface area contributed by atoms with Gasteiger partial charge in [-0.05, 0) is 25.8 Å². The van der Waals surface area contributed by atoms with Crippen LogP contribution in [0.1, 0.15) is 30.1 Å². The lowest BCUT2D eigenvalue weighted by Crippen LogP contribution is -2.37. The van der Waals surface area contributed by atoms with Crippen molar-refractivity contribution < 1.29 is 5.11 Å². The molecule has 24 heavy (non-hydrogen) atoms. The van der Waals surface area contributed by atoms with Crippen LogP contribution in [0.15, 0.2) is 6.07 Å². The van der Waals surface area contributed by atoms with E-state index in [1.807, 2.05) is 14.0 Å². The Balaban J connectivity index is 1.46. The summed E-state index contributed by atoms with van der Waals surface area (Å²) in [6, 6.07) is 2.14. The average Bonchev–Trinajstić information content (AvgIpc) is 3.11. The maximum absolute atomic E-state index is 9.63. The topological polar surface area (TPSA) is 75.2 Å². The van der Waals surface area contributed by atoms with Gasteiger partial charge in [0.05, 0.1) is 37.1 Å². The second kappa shape index (κ2) is 6.18. The fourth-order valence-corrected chi connectivity index (χ4v) is 3.62. The van der Waals surface area contributed by atoms with Crippen LogP contribution < -0.4 is 4.90 Å². The van der Waals surface area contributed by atoms with Gasteiger partial charge in [-0.2, -0.15) is 5.10 Å². The van der Waals surface area contributed by atoms with Crippen LogP contribution in [0.4, 0.5) is 5.95 Å². The van der Waals surface area contributed by atoms with Crippen LogP contribution in [-0.2, 0) is 26.7 Å². The van der Waals surface area contributed by atoms with Crippen LogP contribution in [0.5, 0.6) is 0 Å². The molecule has 4 rings (SSSR count). The molecule has 0 atom stereocenters. The predicted octanol–water partition coefficient (Wildman–Crippen LogP) is 0.297. The zero-order valence-corrected chi connectivity index (χ0v) is 14.4. The Bertz CT molecular complexity index is 714. The molecule has 2 aliphatic heterocycles. The number of hydrogen-bond donors (Lipinski definition) is 1. The lowest BCUT2D eigenvalue weighted by molar-refractivity contribution is 0.0776. The van der Waals surface area contributed by atoms with Gasteiger partial charge in [-0.15, -0.1) is 10.2 Å². The maximum Gasteiger partial charge on any atom is 0.227 e. The van der Waals surface area contributed by atoms with Crippen LogP contribution in [0.3, 0.4) is 0 Å². The molecule has 8 nitrogen and oxygen atoms in total. The summed E-state index contributed by atoms with van der Waals surface area (Å²) >= 11 is 0. The number of aliphatic hydroxyl groups excluding tert-OH is 1. The number of piperidine rings is 1. The number of hydrogen-bond acceptors (Lipinski definition) is 6. The van der Waals surface area contributed by atoms with E-state index in [9.17, 15) is 5.11 Å². The monoisotopic (exact) mass is 331 g/mol. The minimum atomic E-state index is -0.141. The molecule has 1 N–H and O–H groups in total. The summed E-state index contributed by atoms with van der Waals surface area (Å²) < 4.78 is 4.19. The quantitative estimate of drug-likeness (QED) is 0.872. The van der Waals surface area contributed by atoms with Crippen molar-refractivity contribution in [1.29, 1.82) is 0 Å². The summed E-state index contributed by atoms with van der Waals surface area (Å²) in [4.78, 5) is 4.61. The third kappa shape index (κ3) is 2.91. The highest BCUT2D eigenvalue weighted by atomic mass is 16.3. The van der Waals surface area contributed by atoms with Crippen LogP contribution in [0.25, 0.3) is 0 Å². The summed E-state index contributed by atoms with van der Waals surface area (Å²) in [6.07, 6.45) is 1.55. The van der Waals surface area contributed by atoms with E-state index >= 15 is 0 Å². The smallest absolute Gasteiger partial charge is 0.227 e. The van der Waals surface area contributed by atoms with E-state index in [-0.39, 0.29) is 6.10 Å². The van der Waals surface area contributed by atoms with Gasteiger partial charge in [-0.1, -0.05) is 0 Å². The Morgan fingerprint density at radius 3 is 2.75 bits per heavy atom. The standard InChI is InChI=1S/C16H25N7O/c1-12-9-13-10-22(7-8-23(13)19-12)16-18-17-15(20(16)2)11-21-5-3-14(24)4-6-21/h9,14,24H,3-8,10-11H2,1-2H3. The first-order chi connectivity index (χ1) is 11.6. The zero-order valence-electron chi connectivity index (χ0n) is 14.4. The molecule has 0 radical (unpaired) electrons. The Morgan fingerprint density at radius 2 is 1.96 bits per heavy atom. The summed E-state index contributed by atoms with van der Waals surface area (Å²) in [5.41, 5.74) is 2.30. The van der Waals surface area contributed by atoms with Crippen molar-refractivity contribution in [3.8, 4) is 0 Å². The number of rotatable bonds is 3. The van der Waals surface area contributed by atoms with E-state index in [4.69, 9.17) is 0 Å². The zero-order chi connectivity index (χ0) is 16.7. The van der Waals surface area contributed by atoms with Gasteiger partial charge in [0, 0.05) is 26.7 Å². The van der Waals surface area contributed by atoms with E-state index in [2.05, 4.69) is 40.4 Å². The first-order valence-corrected chi connectivity index (χ1v) is 8.67. The van der Waals surface area contributed by atoms with Crippen LogP contribution >= 0.6 is 0 Å². The lowest BCUT2D eigenvalue weighted by Gasteiger charge is -2.30. The normalized spacial score (nSPS) is 19.7. The molecule has 1 saturated heterocycles. The molecule has 2 aromatic rings. The fourth-order valence-electron chi connectivity index (χ4n) is 3.62. The van der Waals surface area contributed by atoms with Gasteiger partial charge >= 0.3 is 0 Å². The van der Waals surface area contributed by atoms with Gasteiger partial charge in [0.2, 0.25) is 5.95 Å². The van der Waals surface area contributed by atoms with Gasteiger partial charge in [0.15, 0.2) is 0 Å². The van der Waals surface area contributed by atoms with Crippen molar-refractivity contribution in [2.75, 3.05) is 24.5 Å². The van der Waals surface area contributed by atoms with Gasteiger partial charge in [-0.3, -0.25) is 14.1 Å². The number of anilines is 1. The molecular formula is C16H25N7O. The minimum Gasteiger partial charge on any atom is -0.393 e. The highest BCUT2D eigenvalue weighted by molar-refractivity contribution is 5.33. The number of aromatic nitrogens is 5. The molecular weight excluding hydrogens is 306 g/mol. The lowest BCUT2D eigenvalue weighted by atomic mass is 10.1. The molecule has 0 unspecified atom stereocenters. The molecule has 2 aliphatic rings. The van der Waals surface area contributed by atoms with Crippen LogP contribution in [0, 0.1) is 6.92 Å². The number of likely N-dealkylation sites (tertiary alicyclic amines) is 1. The van der Waals surface area contributed by atoms with Gasteiger partial charge in [-0.25, -0.2) is 0 Å². The van der Waals surface area contributed by atoms with Crippen LogP contribution in [0.2, 0.25) is 0 Å².